The zero-order chi connectivity index (χ0) is 20.2. The van der Waals surface area contributed by atoms with Crippen molar-refractivity contribution in [2.24, 2.45) is 0 Å². The van der Waals surface area contributed by atoms with E-state index in [1.165, 1.54) is 18.1 Å². The van der Waals surface area contributed by atoms with Gasteiger partial charge in [-0.2, -0.15) is 0 Å². The van der Waals surface area contributed by atoms with Gasteiger partial charge in [0.1, 0.15) is 0 Å². The highest BCUT2D eigenvalue weighted by Gasteiger charge is 2.34. The molecule has 0 bridgehead atoms. The third-order valence-electron chi connectivity index (χ3n) is 5.60. The lowest BCUT2D eigenvalue weighted by Crippen LogP contribution is -3.85. The fraction of sp³-hybridized carbons (Fsp3) is 0.458. The molecule has 0 aliphatic carbocycles. The van der Waals surface area contributed by atoms with Gasteiger partial charge in [-0.3, -0.25) is 0 Å². The summed E-state index contributed by atoms with van der Waals surface area (Å²) in [6.07, 6.45) is 2.18. The number of carbonyl (C=O) groups is 1. The van der Waals surface area contributed by atoms with Gasteiger partial charge in [-0.25, -0.2) is 7.86 Å². The first kappa shape index (κ1) is 21.9. The minimum Gasteiger partial charge on any atom is -0.247 e. The van der Waals surface area contributed by atoms with Crippen molar-refractivity contribution in [1.82, 2.24) is 0 Å². The molecule has 0 aromatic heterocycles. The third kappa shape index (κ3) is 5.34. The van der Waals surface area contributed by atoms with Crippen molar-refractivity contribution >= 4 is 5.97 Å². The first-order valence-corrected chi connectivity index (χ1v) is 12.7. The van der Waals surface area contributed by atoms with E-state index >= 15 is 0 Å². The Bertz CT molecular complexity index is 698. The molecule has 0 spiro atoms. The number of rotatable bonds is 7. The van der Waals surface area contributed by atoms with Crippen molar-refractivity contribution in [3.8, 4) is 0 Å². The van der Waals surface area contributed by atoms with Gasteiger partial charge >= 0.3 is 26.2 Å². The lowest BCUT2D eigenvalue weighted by Gasteiger charge is -2.23. The van der Waals surface area contributed by atoms with Gasteiger partial charge < -0.3 is 0 Å². The predicted octanol–water partition coefficient (Wildman–Crippen LogP) is 3.20. The van der Waals surface area contributed by atoms with E-state index in [4.69, 9.17) is 3.07 Å². The second-order valence-electron chi connectivity index (χ2n) is 8.31. The molecule has 2 aromatic rings. The van der Waals surface area contributed by atoms with E-state index < -0.39 is 20.2 Å². The van der Waals surface area contributed by atoms with E-state index in [1.807, 2.05) is 0 Å². The van der Waals surface area contributed by atoms with Gasteiger partial charge in [-0.1, -0.05) is 65.8 Å². The summed E-state index contributed by atoms with van der Waals surface area (Å²) in [6.45, 7) is 15.0. The van der Waals surface area contributed by atoms with Gasteiger partial charge in [0, 0.05) is 6.92 Å². The highest BCUT2D eigenvalue weighted by atomic mass is 127. The molecular formula is C24H33IO2+. The van der Waals surface area contributed by atoms with Crippen molar-refractivity contribution in [1.29, 1.82) is 0 Å². The maximum absolute atomic E-state index is 11.8. The lowest BCUT2D eigenvalue weighted by molar-refractivity contribution is -1.04. The molecule has 2 aromatic carbocycles. The van der Waals surface area contributed by atoms with Crippen LogP contribution in [0, 0.1) is 7.14 Å². The van der Waals surface area contributed by atoms with Gasteiger partial charge in [0.05, 0.1) is 0 Å². The summed E-state index contributed by atoms with van der Waals surface area (Å²) in [4.78, 5) is 11.8. The van der Waals surface area contributed by atoms with Crippen molar-refractivity contribution in [2.75, 3.05) is 0 Å². The van der Waals surface area contributed by atoms with Gasteiger partial charge in [-0.15, -0.1) is 0 Å². The van der Waals surface area contributed by atoms with Crippen molar-refractivity contribution in [2.45, 2.75) is 72.1 Å². The molecule has 147 valence electrons. The van der Waals surface area contributed by atoms with Crippen molar-refractivity contribution in [3.05, 3.63) is 66.8 Å². The maximum Gasteiger partial charge on any atom is 0.358 e. The van der Waals surface area contributed by atoms with Crippen LogP contribution >= 0.6 is 0 Å². The third-order valence-corrected chi connectivity index (χ3v) is 10.4. The maximum atomic E-state index is 11.8. The number of hydrogen-bond donors (Lipinski definition) is 0. The number of halogens is 1. The molecule has 2 rings (SSSR count). The first-order valence-electron chi connectivity index (χ1n) is 9.70. The van der Waals surface area contributed by atoms with Crippen LogP contribution in [0.3, 0.4) is 0 Å². The number of carbonyl (C=O) groups excluding carboxylic acids is 1. The van der Waals surface area contributed by atoms with Crippen LogP contribution in [0.4, 0.5) is 0 Å². The second kappa shape index (κ2) is 8.76. The largest absolute Gasteiger partial charge is 0.358 e. The van der Waals surface area contributed by atoms with Crippen molar-refractivity contribution < 1.29 is 28.1 Å². The first-order chi connectivity index (χ1) is 12.6. The summed E-state index contributed by atoms with van der Waals surface area (Å²) in [5.41, 5.74) is 2.97. The average molecular weight is 480 g/mol. The molecule has 0 fully saturated rings. The topological polar surface area (TPSA) is 26.3 Å². The molecule has 0 heterocycles. The fourth-order valence-corrected chi connectivity index (χ4v) is 6.64. The average Bonchev–Trinajstić information content (AvgIpc) is 2.66. The van der Waals surface area contributed by atoms with Crippen LogP contribution in [0.1, 0.15) is 72.4 Å². The van der Waals surface area contributed by atoms with E-state index in [2.05, 4.69) is 90.1 Å². The molecule has 0 N–H and O–H groups in total. The minimum atomic E-state index is -2.24. The monoisotopic (exact) mass is 480 g/mol. The summed E-state index contributed by atoms with van der Waals surface area (Å²) in [6, 6.07) is 17.4. The van der Waals surface area contributed by atoms with Crippen molar-refractivity contribution in [3.63, 3.8) is 0 Å². The summed E-state index contributed by atoms with van der Waals surface area (Å²) in [5, 5.41) is 0. The summed E-state index contributed by atoms with van der Waals surface area (Å²) in [5.74, 6) is -0.198. The van der Waals surface area contributed by atoms with Gasteiger partial charge in [0.2, 0.25) is 0 Å². The van der Waals surface area contributed by atoms with Crippen LogP contribution in [0.15, 0.2) is 48.5 Å². The second-order valence-corrected chi connectivity index (χ2v) is 12.7. The molecular weight excluding hydrogens is 447 g/mol. The Balaban J connectivity index is 2.37. The van der Waals surface area contributed by atoms with Crippen LogP contribution in [0.5, 0.6) is 0 Å². The van der Waals surface area contributed by atoms with Crippen LogP contribution in [-0.4, -0.2) is 5.97 Å². The van der Waals surface area contributed by atoms with Gasteiger partial charge in [0.25, 0.3) is 0 Å². The van der Waals surface area contributed by atoms with Gasteiger partial charge in [-0.05, 0) is 59.1 Å². The van der Waals surface area contributed by atoms with E-state index in [-0.39, 0.29) is 16.8 Å². The molecule has 0 atom stereocenters. The molecule has 0 saturated carbocycles. The van der Waals surface area contributed by atoms with Crippen LogP contribution in [0.2, 0.25) is 0 Å². The minimum absolute atomic E-state index is 0.159. The Hall–Kier alpha value is -1.36. The quantitative estimate of drug-likeness (QED) is 0.570. The zero-order valence-corrected chi connectivity index (χ0v) is 19.9. The molecule has 0 aliphatic rings. The normalized spacial score (nSPS) is 12.3. The molecule has 0 unspecified atom stereocenters. The van der Waals surface area contributed by atoms with E-state index in [0.717, 1.165) is 20.0 Å². The molecule has 0 aliphatic heterocycles. The molecule has 3 heteroatoms. The number of benzene rings is 2. The molecule has 0 amide bonds. The molecule has 0 saturated heterocycles. The van der Waals surface area contributed by atoms with Crippen LogP contribution in [-0.2, 0) is 18.7 Å². The van der Waals surface area contributed by atoms with Crippen LogP contribution < -0.4 is 20.2 Å². The van der Waals surface area contributed by atoms with E-state index in [0.29, 0.717) is 0 Å². The van der Waals surface area contributed by atoms with E-state index in [1.54, 1.807) is 0 Å². The summed E-state index contributed by atoms with van der Waals surface area (Å²) in [7, 11) is 0. The Morgan fingerprint density at radius 1 is 0.778 bits per heavy atom. The predicted molar refractivity (Wildman–Crippen MR) is 109 cm³/mol. The Morgan fingerprint density at radius 3 is 1.37 bits per heavy atom. The zero-order valence-electron chi connectivity index (χ0n) is 17.7. The van der Waals surface area contributed by atoms with Gasteiger partial charge in [0.15, 0.2) is 7.14 Å². The smallest absolute Gasteiger partial charge is 0.247 e. The fourth-order valence-electron chi connectivity index (χ4n) is 2.76. The Labute approximate surface area is 172 Å². The van der Waals surface area contributed by atoms with E-state index in [9.17, 15) is 4.79 Å². The Kier molecular flexibility index (Phi) is 7.12. The standard InChI is InChI=1S/C24H33IO2/c1-8-23(4,5)19-10-14-21(15-11-19)25(27-18(3)26)22-16-12-20(13-17-22)24(6,7)9-2/h10-17H,8-9H2,1-7H3/q+1. The Morgan fingerprint density at radius 2 is 1.11 bits per heavy atom. The molecule has 27 heavy (non-hydrogen) atoms. The summed E-state index contributed by atoms with van der Waals surface area (Å²) >= 11 is -2.24. The van der Waals surface area contributed by atoms with Crippen LogP contribution in [0.25, 0.3) is 0 Å². The molecule has 1 radical (unpaired) electrons. The highest BCUT2D eigenvalue weighted by molar-refractivity contribution is 5.65. The lowest BCUT2D eigenvalue weighted by atomic mass is 9.82. The SMILES string of the molecule is CCC(C)(C)c1ccc([I+](OC(C)=O)c2ccc(C(C)(C)CC)cc2)cc1. The highest BCUT2D eigenvalue weighted by Crippen LogP contribution is 2.26. The summed E-state index contributed by atoms with van der Waals surface area (Å²) < 4.78 is 8.16. The number of hydrogen-bond acceptors (Lipinski definition) is 2. The molecule has 2 nitrogen and oxygen atoms in total.